The van der Waals surface area contributed by atoms with Crippen LogP contribution in [-0.2, 0) is 4.79 Å². The van der Waals surface area contributed by atoms with E-state index in [-0.39, 0.29) is 5.91 Å². The highest BCUT2D eigenvalue weighted by molar-refractivity contribution is 9.11. The lowest BCUT2D eigenvalue weighted by atomic mass is 10.1. The van der Waals surface area contributed by atoms with Gasteiger partial charge in [0.05, 0.1) is 22.0 Å². The zero-order chi connectivity index (χ0) is 19.1. The molecule has 0 aliphatic carbocycles. The standard InChI is InChI=1S/C19H14Br2N4OS/c1-9-18(10(2)25-24-9)27-15-6-4-3-5-14(15)22-17-12-7-11(20)8-13(21)16(12)23-19(17)26/h3-8H,1-2H3,(H,24,25)(H,22,23,26). The fourth-order valence-electron chi connectivity index (χ4n) is 2.85. The van der Waals surface area contributed by atoms with E-state index >= 15 is 0 Å². The average Bonchev–Trinajstić information content (AvgIpc) is 3.11. The molecule has 3 aromatic rings. The zero-order valence-corrected chi connectivity index (χ0v) is 18.4. The molecular formula is C19H14Br2N4OS. The predicted octanol–water partition coefficient (Wildman–Crippen LogP) is 5.78. The normalized spacial score (nSPS) is 14.5. The number of hydrogen-bond acceptors (Lipinski definition) is 4. The SMILES string of the molecule is Cc1n[nH]c(C)c1Sc1ccccc1N=C1C(=O)Nc2c(Br)cc(Br)cc21. The first-order valence-corrected chi connectivity index (χ1v) is 10.5. The highest BCUT2D eigenvalue weighted by atomic mass is 79.9. The zero-order valence-electron chi connectivity index (χ0n) is 14.4. The number of aromatic amines is 1. The summed E-state index contributed by atoms with van der Waals surface area (Å²) in [4.78, 5) is 19.3. The van der Waals surface area contributed by atoms with Crippen LogP contribution in [0.2, 0.25) is 0 Å². The number of aryl methyl sites for hydroxylation is 2. The Bertz CT molecular complexity index is 1090. The number of fused-ring (bicyclic) bond motifs is 1. The summed E-state index contributed by atoms with van der Waals surface area (Å²) >= 11 is 8.57. The summed E-state index contributed by atoms with van der Waals surface area (Å²) in [5.41, 5.74) is 4.62. The third-order valence-corrected chi connectivity index (χ3v) is 6.59. The van der Waals surface area contributed by atoms with Gasteiger partial charge in [-0.3, -0.25) is 9.89 Å². The van der Waals surface area contributed by atoms with E-state index in [0.717, 1.165) is 47.1 Å². The maximum atomic E-state index is 12.5. The molecule has 0 spiro atoms. The number of aromatic nitrogens is 2. The minimum absolute atomic E-state index is 0.209. The second-order valence-corrected chi connectivity index (χ2v) is 8.88. The molecule has 0 radical (unpaired) electrons. The summed E-state index contributed by atoms with van der Waals surface area (Å²) in [6.07, 6.45) is 0. The first kappa shape index (κ1) is 18.5. The van der Waals surface area contributed by atoms with Gasteiger partial charge in [0.15, 0.2) is 0 Å². The summed E-state index contributed by atoms with van der Waals surface area (Å²) < 4.78 is 1.70. The van der Waals surface area contributed by atoms with Crippen LogP contribution in [0.4, 0.5) is 11.4 Å². The van der Waals surface area contributed by atoms with Crippen LogP contribution in [0.15, 0.2) is 60.1 Å². The van der Waals surface area contributed by atoms with Gasteiger partial charge in [-0.1, -0.05) is 39.8 Å². The van der Waals surface area contributed by atoms with Gasteiger partial charge >= 0.3 is 0 Å². The van der Waals surface area contributed by atoms with Crippen LogP contribution in [0, 0.1) is 13.8 Å². The number of para-hydroxylation sites is 1. The number of hydrogen-bond donors (Lipinski definition) is 2. The molecule has 8 heteroatoms. The topological polar surface area (TPSA) is 70.1 Å². The molecule has 0 saturated carbocycles. The molecule has 4 rings (SSSR count). The Morgan fingerprint density at radius 2 is 1.93 bits per heavy atom. The Balaban J connectivity index is 1.79. The van der Waals surface area contributed by atoms with E-state index in [2.05, 4.69) is 47.4 Å². The molecule has 0 saturated heterocycles. The van der Waals surface area contributed by atoms with Crippen molar-refractivity contribution in [3.05, 3.63) is 62.3 Å². The Morgan fingerprint density at radius 3 is 2.67 bits per heavy atom. The van der Waals surface area contributed by atoms with Gasteiger partial charge in [0.1, 0.15) is 5.71 Å². The molecule has 0 fully saturated rings. The van der Waals surface area contributed by atoms with Crippen molar-refractivity contribution in [1.29, 1.82) is 0 Å². The minimum atomic E-state index is -0.209. The number of H-pyrrole nitrogens is 1. The highest BCUT2D eigenvalue weighted by Crippen LogP contribution is 2.40. The van der Waals surface area contributed by atoms with E-state index in [0.29, 0.717) is 5.71 Å². The second kappa shape index (κ2) is 7.26. The number of rotatable bonds is 3. The highest BCUT2D eigenvalue weighted by Gasteiger charge is 2.28. The molecule has 2 aromatic carbocycles. The second-order valence-electron chi connectivity index (χ2n) is 6.06. The summed E-state index contributed by atoms with van der Waals surface area (Å²) in [6.45, 7) is 3.96. The van der Waals surface area contributed by atoms with Crippen LogP contribution in [0.5, 0.6) is 0 Å². The van der Waals surface area contributed by atoms with Crippen molar-refractivity contribution in [2.75, 3.05) is 5.32 Å². The molecule has 1 aliphatic heterocycles. The number of carbonyl (C=O) groups is 1. The molecule has 1 aliphatic rings. The number of carbonyl (C=O) groups excluding carboxylic acids is 1. The molecule has 2 heterocycles. The number of nitrogens with one attached hydrogen (secondary N) is 2. The van der Waals surface area contributed by atoms with Gasteiger partial charge in [-0.05, 0) is 54.0 Å². The number of anilines is 1. The Morgan fingerprint density at radius 1 is 1.15 bits per heavy atom. The van der Waals surface area contributed by atoms with Gasteiger partial charge in [0.25, 0.3) is 5.91 Å². The first-order chi connectivity index (χ1) is 12.9. The lowest BCUT2D eigenvalue weighted by Gasteiger charge is -2.07. The third kappa shape index (κ3) is 3.49. The summed E-state index contributed by atoms with van der Waals surface area (Å²) in [6, 6.07) is 11.6. The monoisotopic (exact) mass is 504 g/mol. The van der Waals surface area contributed by atoms with E-state index in [4.69, 9.17) is 4.99 Å². The first-order valence-electron chi connectivity index (χ1n) is 8.12. The summed E-state index contributed by atoms with van der Waals surface area (Å²) in [5, 5.41) is 10.1. The number of amides is 1. The Labute approximate surface area is 177 Å². The molecule has 0 unspecified atom stereocenters. The quantitative estimate of drug-likeness (QED) is 0.474. The largest absolute Gasteiger partial charge is 0.319 e. The van der Waals surface area contributed by atoms with Crippen molar-refractivity contribution in [3.8, 4) is 0 Å². The van der Waals surface area contributed by atoms with E-state index in [1.165, 1.54) is 0 Å². The van der Waals surface area contributed by atoms with Crippen molar-refractivity contribution in [2.24, 2.45) is 4.99 Å². The van der Waals surface area contributed by atoms with Gasteiger partial charge in [-0.2, -0.15) is 5.10 Å². The average molecular weight is 506 g/mol. The van der Waals surface area contributed by atoms with Crippen LogP contribution >= 0.6 is 43.6 Å². The van der Waals surface area contributed by atoms with Crippen molar-refractivity contribution >= 4 is 66.6 Å². The van der Waals surface area contributed by atoms with Crippen molar-refractivity contribution in [2.45, 2.75) is 23.6 Å². The number of nitrogens with zero attached hydrogens (tertiary/aromatic N) is 2. The summed E-state index contributed by atoms with van der Waals surface area (Å²) in [7, 11) is 0. The van der Waals surface area contributed by atoms with Crippen LogP contribution in [0.3, 0.4) is 0 Å². The van der Waals surface area contributed by atoms with E-state index in [9.17, 15) is 4.79 Å². The minimum Gasteiger partial charge on any atom is -0.319 e. The fraction of sp³-hybridized carbons (Fsp3) is 0.105. The molecule has 1 amide bonds. The number of aliphatic imine (C=N–C) groups is 1. The van der Waals surface area contributed by atoms with E-state index in [1.807, 2.05) is 50.2 Å². The van der Waals surface area contributed by atoms with Gasteiger partial charge < -0.3 is 5.32 Å². The maximum Gasteiger partial charge on any atom is 0.275 e. The van der Waals surface area contributed by atoms with Crippen molar-refractivity contribution in [3.63, 3.8) is 0 Å². The van der Waals surface area contributed by atoms with E-state index < -0.39 is 0 Å². The maximum absolute atomic E-state index is 12.5. The number of halogens is 2. The molecule has 27 heavy (non-hydrogen) atoms. The Hall–Kier alpha value is -1.90. The van der Waals surface area contributed by atoms with Gasteiger partial charge in [-0.25, -0.2) is 4.99 Å². The van der Waals surface area contributed by atoms with Crippen LogP contribution in [0.25, 0.3) is 0 Å². The van der Waals surface area contributed by atoms with E-state index in [1.54, 1.807) is 11.8 Å². The molecule has 2 N–H and O–H groups in total. The fourth-order valence-corrected chi connectivity index (χ4v) is 5.15. The van der Waals surface area contributed by atoms with Crippen molar-refractivity contribution < 1.29 is 4.79 Å². The smallest absolute Gasteiger partial charge is 0.275 e. The third-order valence-electron chi connectivity index (χ3n) is 4.13. The molecule has 5 nitrogen and oxygen atoms in total. The van der Waals surface area contributed by atoms with Crippen LogP contribution in [0.1, 0.15) is 17.0 Å². The van der Waals surface area contributed by atoms with Gasteiger partial charge in [0.2, 0.25) is 0 Å². The molecule has 136 valence electrons. The van der Waals surface area contributed by atoms with Crippen LogP contribution < -0.4 is 5.32 Å². The lowest BCUT2D eigenvalue weighted by Crippen LogP contribution is -2.14. The number of benzene rings is 2. The van der Waals surface area contributed by atoms with Crippen LogP contribution in [-0.4, -0.2) is 21.8 Å². The molecule has 0 atom stereocenters. The molecule has 1 aromatic heterocycles. The van der Waals surface area contributed by atoms with Gasteiger partial charge in [0, 0.05) is 25.1 Å². The van der Waals surface area contributed by atoms with Gasteiger partial charge in [-0.15, -0.1) is 0 Å². The lowest BCUT2D eigenvalue weighted by molar-refractivity contribution is -0.110. The summed E-state index contributed by atoms with van der Waals surface area (Å²) in [5.74, 6) is -0.209. The molecule has 0 bridgehead atoms. The van der Waals surface area contributed by atoms with Crippen molar-refractivity contribution in [1.82, 2.24) is 10.2 Å². The predicted molar refractivity (Wildman–Crippen MR) is 115 cm³/mol. The Kier molecular flexibility index (Phi) is 4.96. The molecular weight excluding hydrogens is 492 g/mol.